The minimum Gasteiger partial charge on any atom is -0.493 e. The van der Waals surface area contributed by atoms with Gasteiger partial charge in [-0.1, -0.05) is 23.2 Å². The fourth-order valence-electron chi connectivity index (χ4n) is 1.99. The molecule has 1 aromatic carbocycles. The maximum Gasteiger partial charge on any atom is 0.223 e. The van der Waals surface area contributed by atoms with Gasteiger partial charge < -0.3 is 15.2 Å². The summed E-state index contributed by atoms with van der Waals surface area (Å²) in [7, 11) is 0. The minimum absolute atomic E-state index is 0.140. The number of rotatable bonds is 6. The summed E-state index contributed by atoms with van der Waals surface area (Å²) in [5.41, 5.74) is -0.697. The first-order valence-corrected chi connectivity index (χ1v) is 7.30. The van der Waals surface area contributed by atoms with Gasteiger partial charge in [0.15, 0.2) is 0 Å². The average molecular weight is 318 g/mol. The lowest BCUT2D eigenvalue weighted by molar-refractivity contribution is -0.124. The van der Waals surface area contributed by atoms with Gasteiger partial charge in [-0.2, -0.15) is 0 Å². The molecule has 1 fully saturated rings. The van der Waals surface area contributed by atoms with E-state index < -0.39 is 5.60 Å². The molecule has 1 aliphatic rings. The van der Waals surface area contributed by atoms with Gasteiger partial charge in [0.1, 0.15) is 5.75 Å². The van der Waals surface area contributed by atoms with Crippen molar-refractivity contribution in [2.75, 3.05) is 13.2 Å². The van der Waals surface area contributed by atoms with E-state index in [-0.39, 0.29) is 18.9 Å². The number of ether oxygens (including phenoxy) is 1. The van der Waals surface area contributed by atoms with Crippen LogP contribution in [0.3, 0.4) is 0 Å². The van der Waals surface area contributed by atoms with E-state index in [1.807, 2.05) is 0 Å². The smallest absolute Gasteiger partial charge is 0.223 e. The van der Waals surface area contributed by atoms with Crippen LogP contribution in [0.2, 0.25) is 10.0 Å². The Labute approximate surface area is 128 Å². The quantitative estimate of drug-likeness (QED) is 0.848. The van der Waals surface area contributed by atoms with Gasteiger partial charge in [0.05, 0.1) is 18.6 Å². The lowest BCUT2D eigenvalue weighted by Gasteiger charge is -2.36. The topological polar surface area (TPSA) is 58.6 Å². The molecule has 1 aliphatic carbocycles. The second-order valence-electron chi connectivity index (χ2n) is 5.06. The van der Waals surface area contributed by atoms with E-state index in [9.17, 15) is 9.90 Å². The first kappa shape index (κ1) is 15.4. The van der Waals surface area contributed by atoms with E-state index in [2.05, 4.69) is 5.32 Å². The van der Waals surface area contributed by atoms with Crippen LogP contribution in [0.15, 0.2) is 18.2 Å². The van der Waals surface area contributed by atoms with E-state index in [4.69, 9.17) is 27.9 Å². The van der Waals surface area contributed by atoms with Gasteiger partial charge in [-0.3, -0.25) is 4.79 Å². The summed E-state index contributed by atoms with van der Waals surface area (Å²) in [4.78, 5) is 11.6. The summed E-state index contributed by atoms with van der Waals surface area (Å²) in [6.45, 7) is 0.551. The van der Waals surface area contributed by atoms with Crippen molar-refractivity contribution in [3.63, 3.8) is 0 Å². The molecule has 2 N–H and O–H groups in total. The number of hydrogen-bond acceptors (Lipinski definition) is 3. The fraction of sp³-hybridized carbons (Fsp3) is 0.500. The van der Waals surface area contributed by atoms with Crippen LogP contribution >= 0.6 is 23.2 Å². The van der Waals surface area contributed by atoms with E-state index in [0.717, 1.165) is 19.3 Å². The maximum atomic E-state index is 11.6. The third-order valence-electron chi connectivity index (χ3n) is 3.33. The number of aliphatic hydroxyl groups is 1. The van der Waals surface area contributed by atoms with Crippen molar-refractivity contribution in [1.29, 1.82) is 0 Å². The van der Waals surface area contributed by atoms with Gasteiger partial charge in [-0.05, 0) is 37.5 Å². The monoisotopic (exact) mass is 317 g/mol. The first-order chi connectivity index (χ1) is 9.47. The van der Waals surface area contributed by atoms with Crippen LogP contribution in [0.25, 0.3) is 0 Å². The number of carbonyl (C=O) groups excluding carboxylic acids is 1. The molecular formula is C14H17Cl2NO3. The van der Waals surface area contributed by atoms with Crippen LogP contribution in [0.5, 0.6) is 5.75 Å². The lowest BCUT2D eigenvalue weighted by Crippen LogP contribution is -2.47. The van der Waals surface area contributed by atoms with Gasteiger partial charge in [0, 0.05) is 16.6 Å². The predicted octanol–water partition coefficient (Wildman–Crippen LogP) is 2.79. The Balaban J connectivity index is 1.68. The van der Waals surface area contributed by atoms with Crippen LogP contribution < -0.4 is 10.1 Å². The number of nitrogens with one attached hydrogen (secondary N) is 1. The summed E-state index contributed by atoms with van der Waals surface area (Å²) < 4.78 is 5.42. The van der Waals surface area contributed by atoms with E-state index in [0.29, 0.717) is 22.3 Å². The highest BCUT2D eigenvalue weighted by Gasteiger charge is 2.34. The molecule has 2 rings (SSSR count). The molecule has 0 bridgehead atoms. The van der Waals surface area contributed by atoms with Crippen LogP contribution in [0.1, 0.15) is 25.7 Å². The van der Waals surface area contributed by atoms with Gasteiger partial charge >= 0.3 is 0 Å². The molecule has 0 radical (unpaired) electrons. The molecule has 0 aromatic heterocycles. The molecule has 1 saturated carbocycles. The molecule has 4 nitrogen and oxygen atoms in total. The zero-order chi connectivity index (χ0) is 14.6. The van der Waals surface area contributed by atoms with E-state index in [1.165, 1.54) is 0 Å². The van der Waals surface area contributed by atoms with Crippen molar-refractivity contribution in [1.82, 2.24) is 5.32 Å². The first-order valence-electron chi connectivity index (χ1n) is 6.55. The van der Waals surface area contributed by atoms with Crippen LogP contribution in [-0.2, 0) is 4.79 Å². The SMILES string of the molecule is O=C(CCOc1cc(Cl)cc(Cl)c1)NCC1(O)CCC1. The highest BCUT2D eigenvalue weighted by Crippen LogP contribution is 2.30. The molecule has 1 aromatic rings. The van der Waals surface area contributed by atoms with E-state index in [1.54, 1.807) is 18.2 Å². The van der Waals surface area contributed by atoms with Gasteiger partial charge in [-0.25, -0.2) is 0 Å². The Hall–Kier alpha value is -0.970. The number of benzene rings is 1. The highest BCUT2D eigenvalue weighted by atomic mass is 35.5. The number of amides is 1. The average Bonchev–Trinajstić information content (AvgIpc) is 2.33. The largest absolute Gasteiger partial charge is 0.493 e. The number of halogens is 2. The molecule has 110 valence electrons. The molecule has 0 heterocycles. The molecule has 20 heavy (non-hydrogen) atoms. The van der Waals surface area contributed by atoms with Crippen LogP contribution in [-0.4, -0.2) is 29.8 Å². The summed E-state index contributed by atoms with van der Waals surface area (Å²) in [5, 5.41) is 13.5. The highest BCUT2D eigenvalue weighted by molar-refractivity contribution is 6.34. The van der Waals surface area contributed by atoms with Crippen LogP contribution in [0.4, 0.5) is 0 Å². The summed E-state index contributed by atoms with van der Waals surface area (Å²) in [5.74, 6) is 0.395. The maximum absolute atomic E-state index is 11.6. The molecule has 0 spiro atoms. The Kier molecular flexibility index (Phi) is 5.13. The fourth-order valence-corrected chi connectivity index (χ4v) is 2.49. The van der Waals surface area contributed by atoms with Crippen molar-refractivity contribution in [3.8, 4) is 5.75 Å². The standard InChI is InChI=1S/C14H17Cl2NO3/c15-10-6-11(16)8-12(7-10)20-5-2-13(18)17-9-14(19)3-1-4-14/h6-8,19H,1-5,9H2,(H,17,18). The van der Waals surface area contributed by atoms with Gasteiger partial charge in [-0.15, -0.1) is 0 Å². The Morgan fingerprint density at radius 1 is 1.30 bits per heavy atom. The van der Waals surface area contributed by atoms with Gasteiger partial charge in [0.2, 0.25) is 5.91 Å². The summed E-state index contributed by atoms with van der Waals surface area (Å²) >= 11 is 11.7. The summed E-state index contributed by atoms with van der Waals surface area (Å²) in [6.07, 6.45) is 2.75. The number of hydrogen-bond donors (Lipinski definition) is 2. The van der Waals surface area contributed by atoms with E-state index >= 15 is 0 Å². The molecule has 0 saturated heterocycles. The Morgan fingerprint density at radius 2 is 1.95 bits per heavy atom. The molecular weight excluding hydrogens is 301 g/mol. The van der Waals surface area contributed by atoms with Crippen molar-refractivity contribution >= 4 is 29.1 Å². The third-order valence-corrected chi connectivity index (χ3v) is 3.77. The van der Waals surface area contributed by atoms with Crippen molar-refractivity contribution < 1.29 is 14.6 Å². The third kappa shape index (κ3) is 4.54. The van der Waals surface area contributed by atoms with Crippen molar-refractivity contribution in [2.45, 2.75) is 31.3 Å². The summed E-state index contributed by atoms with van der Waals surface area (Å²) in [6, 6.07) is 4.90. The van der Waals surface area contributed by atoms with Crippen molar-refractivity contribution in [2.24, 2.45) is 0 Å². The second-order valence-corrected chi connectivity index (χ2v) is 5.93. The normalized spacial score (nSPS) is 16.4. The predicted molar refractivity (Wildman–Crippen MR) is 78.4 cm³/mol. The molecule has 6 heteroatoms. The van der Waals surface area contributed by atoms with Crippen molar-refractivity contribution in [3.05, 3.63) is 28.2 Å². The molecule has 0 atom stereocenters. The number of carbonyl (C=O) groups is 1. The Bertz CT molecular complexity index is 469. The van der Waals surface area contributed by atoms with Crippen LogP contribution in [0, 0.1) is 0 Å². The zero-order valence-electron chi connectivity index (χ0n) is 11.0. The molecule has 1 amide bonds. The zero-order valence-corrected chi connectivity index (χ0v) is 12.5. The molecule has 0 aliphatic heterocycles. The second kappa shape index (κ2) is 6.66. The lowest BCUT2D eigenvalue weighted by atomic mass is 9.80. The Morgan fingerprint density at radius 3 is 2.50 bits per heavy atom. The van der Waals surface area contributed by atoms with Gasteiger partial charge in [0.25, 0.3) is 0 Å². The minimum atomic E-state index is -0.697. The molecule has 0 unspecified atom stereocenters.